The number of rotatable bonds is 6. The van der Waals surface area contributed by atoms with Crippen molar-refractivity contribution in [2.75, 3.05) is 12.4 Å². The summed E-state index contributed by atoms with van der Waals surface area (Å²) in [7, 11) is 1.33. The fraction of sp³-hybridized carbons (Fsp3) is 0.444. The fourth-order valence-electron chi connectivity index (χ4n) is 4.49. The van der Waals surface area contributed by atoms with Crippen LogP contribution in [0.25, 0.3) is 11.0 Å². The van der Waals surface area contributed by atoms with Gasteiger partial charge in [0.05, 0.1) is 29.9 Å². The van der Waals surface area contributed by atoms with Crippen LogP contribution < -0.4 is 5.32 Å². The van der Waals surface area contributed by atoms with E-state index in [2.05, 4.69) is 36.1 Å². The van der Waals surface area contributed by atoms with E-state index in [0.717, 1.165) is 29.7 Å². The van der Waals surface area contributed by atoms with Crippen molar-refractivity contribution >= 4 is 45.2 Å². The number of hydrogen-bond acceptors (Lipinski definition) is 8. The van der Waals surface area contributed by atoms with Crippen LogP contribution in [0.4, 0.5) is 5.00 Å². The van der Waals surface area contributed by atoms with Crippen LogP contribution in [0.1, 0.15) is 71.8 Å². The van der Waals surface area contributed by atoms with Crippen LogP contribution >= 0.6 is 11.3 Å². The number of carbonyl (C=O) groups excluding carboxylic acids is 3. The summed E-state index contributed by atoms with van der Waals surface area (Å²) < 4.78 is 10.5. The number of nitrogens with one attached hydrogen (secondary N) is 1. The number of para-hydroxylation sites is 2. The van der Waals surface area contributed by atoms with Gasteiger partial charge in [0.25, 0.3) is 5.91 Å². The van der Waals surface area contributed by atoms with Crippen LogP contribution in [0.3, 0.4) is 0 Å². The largest absolute Gasteiger partial charge is 0.465 e. The Balaban J connectivity index is 1.54. The summed E-state index contributed by atoms with van der Waals surface area (Å²) in [5, 5.41) is 3.28. The first kappa shape index (κ1) is 25.8. The highest BCUT2D eigenvalue weighted by molar-refractivity contribution is 7.17. The average molecular weight is 510 g/mol. The first-order valence-corrected chi connectivity index (χ1v) is 12.9. The molecule has 2 atom stereocenters. The minimum atomic E-state index is -1.06. The maximum atomic E-state index is 13.2. The lowest BCUT2D eigenvalue weighted by atomic mass is 9.72. The molecule has 0 saturated heterocycles. The molecule has 0 aliphatic heterocycles. The van der Waals surface area contributed by atoms with E-state index in [1.807, 2.05) is 6.07 Å². The van der Waals surface area contributed by atoms with Gasteiger partial charge in [-0.2, -0.15) is 0 Å². The van der Waals surface area contributed by atoms with Gasteiger partial charge >= 0.3 is 11.9 Å². The van der Waals surface area contributed by atoms with Gasteiger partial charge in [0.1, 0.15) is 5.00 Å². The molecule has 2 heterocycles. The molecule has 36 heavy (non-hydrogen) atoms. The smallest absolute Gasteiger partial charge is 0.359 e. The molecule has 0 fully saturated rings. The van der Waals surface area contributed by atoms with Crippen molar-refractivity contribution in [2.24, 2.45) is 11.3 Å². The van der Waals surface area contributed by atoms with Gasteiger partial charge in [-0.3, -0.25) is 9.78 Å². The predicted molar refractivity (Wildman–Crippen MR) is 138 cm³/mol. The SMILES string of the molecule is CCC(OC(=O)c1cnc2ccccc2n1)C(=O)Nc1sc2c(c1C(=O)OC)CCC(C(C)(C)C)C2. The van der Waals surface area contributed by atoms with E-state index in [0.29, 0.717) is 27.5 Å². The van der Waals surface area contributed by atoms with Crippen LogP contribution in [0, 0.1) is 11.3 Å². The number of fused-ring (bicyclic) bond motifs is 2. The lowest BCUT2D eigenvalue weighted by molar-refractivity contribution is -0.124. The van der Waals surface area contributed by atoms with Gasteiger partial charge in [-0.25, -0.2) is 14.6 Å². The molecule has 9 heteroatoms. The number of methoxy groups -OCH3 is 1. The van der Waals surface area contributed by atoms with Crippen LogP contribution in [-0.4, -0.2) is 41.0 Å². The number of carbonyl (C=O) groups is 3. The second-order valence-corrected chi connectivity index (χ2v) is 11.1. The summed E-state index contributed by atoms with van der Waals surface area (Å²) in [5.41, 5.74) is 2.73. The zero-order valence-corrected chi connectivity index (χ0v) is 22.0. The fourth-order valence-corrected chi connectivity index (χ4v) is 5.81. The molecule has 1 aliphatic rings. The summed E-state index contributed by atoms with van der Waals surface area (Å²) in [5.74, 6) is -1.24. The molecule has 0 saturated carbocycles. The maximum absolute atomic E-state index is 13.2. The van der Waals surface area contributed by atoms with Gasteiger partial charge < -0.3 is 14.8 Å². The van der Waals surface area contributed by atoms with Crippen molar-refractivity contribution < 1.29 is 23.9 Å². The second kappa shape index (κ2) is 10.3. The molecule has 190 valence electrons. The van der Waals surface area contributed by atoms with Crippen molar-refractivity contribution in [1.29, 1.82) is 0 Å². The Labute approximate surface area is 214 Å². The predicted octanol–water partition coefficient (Wildman–Crippen LogP) is 5.20. The molecular weight excluding hydrogens is 478 g/mol. The molecular formula is C27H31N3O5S. The number of esters is 2. The van der Waals surface area contributed by atoms with E-state index in [1.165, 1.54) is 24.6 Å². The van der Waals surface area contributed by atoms with Crippen molar-refractivity contribution in [2.45, 2.75) is 59.5 Å². The van der Waals surface area contributed by atoms with Gasteiger partial charge in [0.2, 0.25) is 0 Å². The Hall–Kier alpha value is -3.33. The van der Waals surface area contributed by atoms with E-state index >= 15 is 0 Å². The third kappa shape index (κ3) is 5.26. The number of nitrogens with zero attached hydrogens (tertiary/aromatic N) is 2. The lowest BCUT2D eigenvalue weighted by Crippen LogP contribution is -2.32. The highest BCUT2D eigenvalue weighted by Gasteiger charge is 2.35. The third-order valence-electron chi connectivity index (χ3n) is 6.69. The van der Waals surface area contributed by atoms with Crippen molar-refractivity contribution in [3.05, 3.63) is 52.2 Å². The number of amides is 1. The highest BCUT2D eigenvalue weighted by atomic mass is 32.1. The summed E-state index contributed by atoms with van der Waals surface area (Å²) >= 11 is 1.40. The topological polar surface area (TPSA) is 107 Å². The highest BCUT2D eigenvalue weighted by Crippen LogP contribution is 2.44. The average Bonchev–Trinajstić information content (AvgIpc) is 3.22. The molecule has 1 aromatic carbocycles. The Morgan fingerprint density at radius 3 is 2.56 bits per heavy atom. The number of thiophene rings is 1. The van der Waals surface area contributed by atoms with Crippen LogP contribution in [-0.2, 0) is 27.1 Å². The monoisotopic (exact) mass is 509 g/mol. The quantitative estimate of drug-likeness (QED) is 0.455. The Bertz CT molecular complexity index is 1310. The normalized spacial score (nSPS) is 16.2. The Morgan fingerprint density at radius 1 is 1.17 bits per heavy atom. The Morgan fingerprint density at radius 2 is 1.89 bits per heavy atom. The Kier molecular flexibility index (Phi) is 7.40. The number of aromatic nitrogens is 2. The van der Waals surface area contributed by atoms with Crippen LogP contribution in [0.2, 0.25) is 0 Å². The summed E-state index contributed by atoms with van der Waals surface area (Å²) in [4.78, 5) is 48.2. The lowest BCUT2D eigenvalue weighted by Gasteiger charge is -2.33. The van der Waals surface area contributed by atoms with Gasteiger partial charge in [-0.1, -0.05) is 39.8 Å². The maximum Gasteiger partial charge on any atom is 0.359 e. The number of ether oxygens (including phenoxy) is 2. The first-order chi connectivity index (χ1) is 17.1. The second-order valence-electron chi connectivity index (χ2n) is 10.0. The van der Waals surface area contributed by atoms with Crippen molar-refractivity contribution in [1.82, 2.24) is 9.97 Å². The van der Waals surface area contributed by atoms with E-state index in [-0.39, 0.29) is 17.5 Å². The molecule has 0 radical (unpaired) electrons. The zero-order valence-electron chi connectivity index (χ0n) is 21.2. The molecule has 2 aromatic heterocycles. The number of benzene rings is 1. The van der Waals surface area contributed by atoms with E-state index in [1.54, 1.807) is 25.1 Å². The molecule has 1 amide bonds. The standard InChI is InChI=1S/C27H31N3O5S/c1-6-20(35-25(32)19-14-28-17-9-7-8-10-18(17)29-19)23(31)30-24-22(26(33)34-5)16-12-11-15(27(2,3)4)13-21(16)36-24/h7-10,14-15,20H,6,11-13H2,1-5H3,(H,30,31). The third-order valence-corrected chi connectivity index (χ3v) is 7.86. The first-order valence-electron chi connectivity index (χ1n) is 12.1. The number of hydrogen-bond donors (Lipinski definition) is 1. The van der Waals surface area contributed by atoms with Gasteiger partial charge in [0.15, 0.2) is 11.8 Å². The van der Waals surface area contributed by atoms with Crippen LogP contribution in [0.15, 0.2) is 30.5 Å². The van der Waals surface area contributed by atoms with Crippen LogP contribution in [0.5, 0.6) is 0 Å². The molecule has 1 N–H and O–H groups in total. The van der Waals surface area contributed by atoms with E-state index in [9.17, 15) is 14.4 Å². The van der Waals surface area contributed by atoms with Gasteiger partial charge in [-0.05, 0) is 54.7 Å². The van der Waals surface area contributed by atoms with E-state index in [4.69, 9.17) is 9.47 Å². The van der Waals surface area contributed by atoms with E-state index < -0.39 is 23.9 Å². The molecule has 4 rings (SSSR count). The van der Waals surface area contributed by atoms with Gasteiger partial charge in [-0.15, -0.1) is 11.3 Å². The molecule has 0 spiro atoms. The van der Waals surface area contributed by atoms with Gasteiger partial charge in [0, 0.05) is 4.88 Å². The molecule has 2 unspecified atom stereocenters. The minimum Gasteiger partial charge on any atom is -0.465 e. The molecule has 0 bridgehead atoms. The van der Waals surface area contributed by atoms with Crippen molar-refractivity contribution in [3.8, 4) is 0 Å². The molecule has 3 aromatic rings. The van der Waals surface area contributed by atoms with Crippen molar-refractivity contribution in [3.63, 3.8) is 0 Å². The number of anilines is 1. The zero-order chi connectivity index (χ0) is 26.0. The molecule has 8 nitrogen and oxygen atoms in total. The minimum absolute atomic E-state index is 0.0232. The summed E-state index contributed by atoms with van der Waals surface area (Å²) in [6.45, 7) is 8.42. The molecule has 1 aliphatic carbocycles. The summed E-state index contributed by atoms with van der Waals surface area (Å²) in [6.07, 6.45) is 3.09. The summed E-state index contributed by atoms with van der Waals surface area (Å²) in [6, 6.07) is 7.18.